The number of nitriles is 1. The standard InChI is InChI=1S/C22H17FN6/c1-13(29-22-16(10-24)21(25)27-12-28-22)17-11-26-20-15(8-5-9-18(20)23)19(17)14-6-3-2-4-7-14/h2-9,11-13H,1H3,(H3,25,27,28,29)/t13-/m0/s1. The monoisotopic (exact) mass is 384 g/mol. The average molecular weight is 384 g/mol. The van der Waals surface area contributed by atoms with Gasteiger partial charge < -0.3 is 11.1 Å². The van der Waals surface area contributed by atoms with Crippen molar-refractivity contribution < 1.29 is 4.39 Å². The van der Waals surface area contributed by atoms with Gasteiger partial charge in [0.1, 0.15) is 40.9 Å². The Morgan fingerprint density at radius 1 is 1.07 bits per heavy atom. The number of para-hydroxylation sites is 1. The van der Waals surface area contributed by atoms with Gasteiger partial charge in [0.15, 0.2) is 0 Å². The lowest BCUT2D eigenvalue weighted by molar-refractivity contribution is 0.636. The number of pyridine rings is 1. The lowest BCUT2D eigenvalue weighted by Gasteiger charge is -2.21. The van der Waals surface area contributed by atoms with Crippen LogP contribution in [0.5, 0.6) is 0 Å². The molecule has 7 heteroatoms. The molecule has 2 aromatic heterocycles. The number of nitrogen functional groups attached to an aromatic ring is 1. The Labute approximate surface area is 166 Å². The van der Waals surface area contributed by atoms with Crippen molar-refractivity contribution in [3.05, 3.63) is 78.0 Å². The largest absolute Gasteiger partial charge is 0.382 e. The van der Waals surface area contributed by atoms with Crippen LogP contribution in [0.15, 0.2) is 61.1 Å². The number of nitrogens with one attached hydrogen (secondary N) is 1. The van der Waals surface area contributed by atoms with Crippen molar-refractivity contribution in [3.8, 4) is 17.2 Å². The molecule has 4 aromatic rings. The van der Waals surface area contributed by atoms with E-state index in [1.807, 2.05) is 49.4 Å². The fourth-order valence-electron chi connectivity index (χ4n) is 3.36. The Hall–Kier alpha value is -4.05. The highest BCUT2D eigenvalue weighted by Crippen LogP contribution is 2.36. The molecule has 3 N–H and O–H groups in total. The molecular weight excluding hydrogens is 367 g/mol. The normalized spacial score (nSPS) is 11.8. The number of aromatic nitrogens is 3. The van der Waals surface area contributed by atoms with Crippen LogP contribution >= 0.6 is 0 Å². The molecule has 0 aliphatic rings. The molecule has 6 nitrogen and oxygen atoms in total. The summed E-state index contributed by atoms with van der Waals surface area (Å²) in [7, 11) is 0. The van der Waals surface area contributed by atoms with E-state index in [1.165, 1.54) is 12.4 Å². The third kappa shape index (κ3) is 3.32. The SMILES string of the molecule is C[C@H](Nc1ncnc(N)c1C#N)c1cnc2c(F)cccc2c1-c1ccccc1. The van der Waals surface area contributed by atoms with Gasteiger partial charge >= 0.3 is 0 Å². The molecule has 4 rings (SSSR count). The number of fused-ring (bicyclic) bond motifs is 1. The lowest BCUT2D eigenvalue weighted by atomic mass is 9.93. The number of hydrogen-bond acceptors (Lipinski definition) is 6. The maximum atomic E-state index is 14.4. The summed E-state index contributed by atoms with van der Waals surface area (Å²) in [5, 5.41) is 13.3. The van der Waals surface area contributed by atoms with Crippen LogP contribution in [0, 0.1) is 17.1 Å². The van der Waals surface area contributed by atoms with Crippen molar-refractivity contribution in [2.24, 2.45) is 0 Å². The fraction of sp³-hybridized carbons (Fsp3) is 0.0909. The molecule has 0 radical (unpaired) electrons. The first-order valence-electron chi connectivity index (χ1n) is 8.99. The number of nitrogens with two attached hydrogens (primary N) is 1. The highest BCUT2D eigenvalue weighted by molar-refractivity contribution is 5.96. The van der Waals surface area contributed by atoms with Crippen LogP contribution in [0.2, 0.25) is 0 Å². The predicted molar refractivity (Wildman–Crippen MR) is 110 cm³/mol. The Morgan fingerprint density at radius 3 is 2.62 bits per heavy atom. The van der Waals surface area contributed by atoms with Crippen molar-refractivity contribution >= 4 is 22.5 Å². The first-order valence-corrected chi connectivity index (χ1v) is 8.99. The molecule has 0 aliphatic carbocycles. The first kappa shape index (κ1) is 18.3. The molecule has 1 atom stereocenters. The smallest absolute Gasteiger partial charge is 0.150 e. The molecule has 0 spiro atoms. The Bertz CT molecular complexity index is 1230. The molecule has 0 aliphatic heterocycles. The van der Waals surface area contributed by atoms with Crippen molar-refractivity contribution in [1.29, 1.82) is 5.26 Å². The zero-order valence-corrected chi connectivity index (χ0v) is 15.6. The van der Waals surface area contributed by atoms with Crippen molar-refractivity contribution in [2.45, 2.75) is 13.0 Å². The predicted octanol–water partition coefficient (Wildman–Crippen LogP) is 4.46. The van der Waals surface area contributed by atoms with Gasteiger partial charge in [0.2, 0.25) is 0 Å². The van der Waals surface area contributed by atoms with E-state index in [1.54, 1.807) is 12.3 Å². The molecule has 0 saturated heterocycles. The van der Waals surface area contributed by atoms with Crippen molar-refractivity contribution in [1.82, 2.24) is 15.0 Å². The highest BCUT2D eigenvalue weighted by Gasteiger charge is 2.19. The molecule has 0 fully saturated rings. The highest BCUT2D eigenvalue weighted by atomic mass is 19.1. The van der Waals surface area contributed by atoms with Gasteiger partial charge in [-0.15, -0.1) is 0 Å². The van der Waals surface area contributed by atoms with Crippen LogP contribution in [-0.4, -0.2) is 15.0 Å². The fourth-order valence-corrected chi connectivity index (χ4v) is 3.36. The zero-order chi connectivity index (χ0) is 20.4. The van der Waals surface area contributed by atoms with Gasteiger partial charge in [-0.1, -0.05) is 42.5 Å². The van der Waals surface area contributed by atoms with Gasteiger partial charge in [-0.2, -0.15) is 5.26 Å². The summed E-state index contributed by atoms with van der Waals surface area (Å²) in [5.41, 5.74) is 8.94. The van der Waals surface area contributed by atoms with E-state index in [4.69, 9.17) is 5.73 Å². The number of benzene rings is 2. The second kappa shape index (κ2) is 7.52. The molecule has 2 aromatic carbocycles. The molecule has 0 amide bonds. The molecule has 0 unspecified atom stereocenters. The second-order valence-electron chi connectivity index (χ2n) is 6.55. The molecule has 2 heterocycles. The van der Waals surface area contributed by atoms with E-state index in [9.17, 15) is 9.65 Å². The third-order valence-corrected chi connectivity index (χ3v) is 4.75. The van der Waals surface area contributed by atoms with Crippen molar-refractivity contribution in [2.75, 3.05) is 11.1 Å². The maximum Gasteiger partial charge on any atom is 0.150 e. The van der Waals surface area contributed by atoms with E-state index in [2.05, 4.69) is 20.3 Å². The summed E-state index contributed by atoms with van der Waals surface area (Å²) < 4.78 is 14.4. The van der Waals surface area contributed by atoms with Crippen LogP contribution in [0.4, 0.5) is 16.0 Å². The molecule has 0 bridgehead atoms. The number of halogens is 1. The zero-order valence-electron chi connectivity index (χ0n) is 15.6. The van der Waals surface area contributed by atoms with Crippen LogP contribution < -0.4 is 11.1 Å². The summed E-state index contributed by atoms with van der Waals surface area (Å²) >= 11 is 0. The van der Waals surface area contributed by atoms with Gasteiger partial charge in [-0.25, -0.2) is 14.4 Å². The van der Waals surface area contributed by atoms with Crippen molar-refractivity contribution in [3.63, 3.8) is 0 Å². The molecule has 0 saturated carbocycles. The second-order valence-corrected chi connectivity index (χ2v) is 6.55. The summed E-state index contributed by atoms with van der Waals surface area (Å²) in [4.78, 5) is 12.4. The minimum Gasteiger partial charge on any atom is -0.382 e. The quantitative estimate of drug-likeness (QED) is 0.539. The van der Waals surface area contributed by atoms with E-state index in [-0.39, 0.29) is 23.2 Å². The number of anilines is 2. The molecule has 29 heavy (non-hydrogen) atoms. The lowest BCUT2D eigenvalue weighted by Crippen LogP contribution is -2.12. The van der Waals surface area contributed by atoms with E-state index in [0.717, 1.165) is 16.7 Å². The van der Waals surface area contributed by atoms with E-state index < -0.39 is 0 Å². The van der Waals surface area contributed by atoms with Gasteiger partial charge in [-0.05, 0) is 24.1 Å². The van der Waals surface area contributed by atoms with Crippen LogP contribution in [0.25, 0.3) is 22.0 Å². The van der Waals surface area contributed by atoms with Crippen LogP contribution in [-0.2, 0) is 0 Å². The molecule has 142 valence electrons. The van der Waals surface area contributed by atoms with E-state index >= 15 is 0 Å². The number of rotatable bonds is 4. The summed E-state index contributed by atoms with van der Waals surface area (Å²) in [6, 6.07) is 16.4. The Kier molecular flexibility index (Phi) is 4.75. The third-order valence-electron chi connectivity index (χ3n) is 4.75. The van der Waals surface area contributed by atoms with Crippen LogP contribution in [0.3, 0.4) is 0 Å². The van der Waals surface area contributed by atoms with Crippen LogP contribution in [0.1, 0.15) is 24.1 Å². The number of hydrogen-bond donors (Lipinski definition) is 2. The average Bonchev–Trinajstić information content (AvgIpc) is 2.74. The number of nitrogens with zero attached hydrogens (tertiary/aromatic N) is 4. The topological polar surface area (TPSA) is 101 Å². The Morgan fingerprint density at radius 2 is 1.86 bits per heavy atom. The van der Waals surface area contributed by atoms with Gasteiger partial charge in [0.05, 0.1) is 6.04 Å². The summed E-state index contributed by atoms with van der Waals surface area (Å²) in [6.07, 6.45) is 2.96. The Balaban J connectivity index is 1.88. The minimum atomic E-state index is -0.373. The summed E-state index contributed by atoms with van der Waals surface area (Å²) in [6.45, 7) is 1.92. The maximum absolute atomic E-state index is 14.4. The van der Waals surface area contributed by atoms with E-state index in [0.29, 0.717) is 16.7 Å². The minimum absolute atomic E-state index is 0.110. The van der Waals surface area contributed by atoms with Gasteiger partial charge in [-0.3, -0.25) is 4.98 Å². The van der Waals surface area contributed by atoms with Gasteiger partial charge in [0, 0.05) is 17.1 Å². The molecular formula is C22H17FN6. The summed E-state index contributed by atoms with van der Waals surface area (Å²) in [5.74, 6) is 0.0761. The van der Waals surface area contributed by atoms with Gasteiger partial charge in [0.25, 0.3) is 0 Å². The first-order chi connectivity index (χ1) is 14.1.